The van der Waals surface area contributed by atoms with Crippen LogP contribution in [0.3, 0.4) is 0 Å². The average Bonchev–Trinajstić information content (AvgIpc) is 2.57. The molecule has 0 amide bonds. The Hall–Kier alpha value is -0.667. The first-order valence-electron chi connectivity index (χ1n) is 6.90. The van der Waals surface area contributed by atoms with Gasteiger partial charge < -0.3 is 5.32 Å². The molecule has 2 aromatic rings. The third-order valence-electron chi connectivity index (χ3n) is 3.02. The summed E-state index contributed by atoms with van der Waals surface area (Å²) in [5.74, 6) is 0. The molecule has 1 heterocycles. The summed E-state index contributed by atoms with van der Waals surface area (Å²) in [7, 11) is 0. The normalized spacial score (nSPS) is 13.0. The molecule has 1 nitrogen and oxygen atoms in total. The van der Waals surface area contributed by atoms with Gasteiger partial charge in [-0.3, -0.25) is 0 Å². The van der Waals surface area contributed by atoms with E-state index in [-0.39, 0.29) is 0 Å². The summed E-state index contributed by atoms with van der Waals surface area (Å²) in [6, 6.07) is 21.8. The van der Waals surface area contributed by atoms with E-state index in [4.69, 9.17) is 0 Å². The Morgan fingerprint density at radius 3 is 1.76 bits per heavy atom. The monoisotopic (exact) mass is 585 g/mol. The van der Waals surface area contributed by atoms with E-state index in [9.17, 15) is 0 Å². The Morgan fingerprint density at radius 1 is 0.905 bits per heavy atom. The van der Waals surface area contributed by atoms with Gasteiger partial charge in [-0.15, -0.1) is 6.54 Å². The van der Waals surface area contributed by atoms with Crippen molar-refractivity contribution in [3.05, 3.63) is 89.9 Å². The number of nitrogens with zero attached hydrogens (tertiary/aromatic N) is 1. The van der Waals surface area contributed by atoms with Crippen molar-refractivity contribution in [2.24, 2.45) is 0 Å². The van der Waals surface area contributed by atoms with Crippen molar-refractivity contribution in [1.82, 2.24) is 0 Å². The van der Waals surface area contributed by atoms with Crippen LogP contribution in [0.15, 0.2) is 84.6 Å². The van der Waals surface area contributed by atoms with E-state index < -0.39 is 17.6 Å². The molecular formula is C18H19BiIN-. The zero-order chi connectivity index (χ0) is 14.9. The van der Waals surface area contributed by atoms with Gasteiger partial charge in [-0.25, -0.2) is 0 Å². The first-order valence-corrected chi connectivity index (χ1v) is 21.7. The zero-order valence-corrected chi connectivity index (χ0v) is 18.1. The van der Waals surface area contributed by atoms with Crippen molar-refractivity contribution in [1.29, 1.82) is 0 Å². The molecular weight excluding hydrogens is 566 g/mol. The van der Waals surface area contributed by atoms with E-state index in [1.165, 1.54) is 5.57 Å². The topological polar surface area (TPSA) is 14.1 Å². The molecule has 0 bridgehead atoms. The average molecular weight is 585 g/mol. The van der Waals surface area contributed by atoms with Crippen molar-refractivity contribution >= 4 is 42.1 Å². The minimum absolute atomic E-state index is 0.863. The van der Waals surface area contributed by atoms with Crippen molar-refractivity contribution in [3.8, 4) is 0 Å². The molecule has 1 aliphatic heterocycles. The Balaban J connectivity index is 0.000000194. The molecule has 0 aliphatic carbocycles. The van der Waals surface area contributed by atoms with Gasteiger partial charge in [-0.1, -0.05) is 17.7 Å². The zero-order valence-electron chi connectivity index (χ0n) is 12.0. The molecule has 109 valence electrons. The van der Waals surface area contributed by atoms with Crippen LogP contribution in [-0.2, 0) is 0 Å². The van der Waals surface area contributed by atoms with Crippen molar-refractivity contribution < 1.29 is 0 Å². The second kappa shape index (κ2) is 9.37. The molecule has 21 heavy (non-hydrogen) atoms. The Bertz CT molecular complexity index is 554. The van der Waals surface area contributed by atoms with Crippen LogP contribution < -0.4 is 6.54 Å². The SMILES string of the molecule is CC1=CC[N-]C=C1.[I][BiH]([c]1ccccc1)[c]1ccccc1. The van der Waals surface area contributed by atoms with Crippen LogP contribution in [-0.4, -0.2) is 24.1 Å². The summed E-state index contributed by atoms with van der Waals surface area (Å²) >= 11 is 0.989. The van der Waals surface area contributed by atoms with Gasteiger partial charge in [0, 0.05) is 0 Å². The van der Waals surface area contributed by atoms with E-state index in [0.29, 0.717) is 0 Å². The second-order valence-electron chi connectivity index (χ2n) is 4.68. The maximum absolute atomic E-state index is 3.97. The second-order valence-corrected chi connectivity index (χ2v) is 21.1. The number of hydrogen-bond acceptors (Lipinski definition) is 0. The molecule has 3 rings (SSSR count). The molecule has 1 radical (unpaired) electrons. The number of hydrogen-bond donors (Lipinski definition) is 0. The third kappa shape index (κ3) is 5.92. The first-order chi connectivity index (χ1) is 10.3. The van der Waals surface area contributed by atoms with Gasteiger partial charge in [0.25, 0.3) is 0 Å². The van der Waals surface area contributed by atoms with E-state index in [1.54, 1.807) is 6.54 Å². The van der Waals surface area contributed by atoms with Gasteiger partial charge in [0.1, 0.15) is 0 Å². The van der Waals surface area contributed by atoms with E-state index in [2.05, 4.69) is 97.0 Å². The predicted octanol–water partition coefficient (Wildman–Crippen LogP) is 3.79. The fourth-order valence-electron chi connectivity index (χ4n) is 1.83. The summed E-state index contributed by atoms with van der Waals surface area (Å²) in [4.78, 5) is 0. The number of benzene rings is 2. The summed E-state index contributed by atoms with van der Waals surface area (Å²) < 4.78 is 3.15. The molecule has 1 aliphatic rings. The molecule has 0 N–H and O–H groups in total. The van der Waals surface area contributed by atoms with E-state index >= 15 is 0 Å². The number of halogens is 1. The molecule has 0 aromatic heterocycles. The van der Waals surface area contributed by atoms with Crippen LogP contribution in [0.4, 0.5) is 0 Å². The van der Waals surface area contributed by atoms with Crippen molar-refractivity contribution in [3.63, 3.8) is 0 Å². The quantitative estimate of drug-likeness (QED) is 0.377. The van der Waals surface area contributed by atoms with Gasteiger partial charge in [-0.05, 0) is 6.92 Å². The van der Waals surface area contributed by atoms with Gasteiger partial charge >= 0.3 is 103 Å². The van der Waals surface area contributed by atoms with E-state index in [0.717, 1.165) is 6.54 Å². The first kappa shape index (κ1) is 16.7. The molecule has 0 saturated heterocycles. The fraction of sp³-hybridized carbons (Fsp3) is 0.111. The Labute approximate surface area is 144 Å². The molecule has 0 atom stereocenters. The van der Waals surface area contributed by atoms with Crippen LogP contribution in [0, 0.1) is 0 Å². The van der Waals surface area contributed by atoms with Crippen LogP contribution in [0.2, 0.25) is 0 Å². The fourth-order valence-corrected chi connectivity index (χ4v) is 13.2. The van der Waals surface area contributed by atoms with Crippen LogP contribution in [0.1, 0.15) is 6.92 Å². The van der Waals surface area contributed by atoms with Gasteiger partial charge in [0.15, 0.2) is 0 Å². The summed E-state index contributed by atoms with van der Waals surface area (Å²) in [5, 5.41) is 3.97. The van der Waals surface area contributed by atoms with Gasteiger partial charge in [0.05, 0.1) is 0 Å². The van der Waals surface area contributed by atoms with E-state index in [1.807, 2.05) is 12.3 Å². The van der Waals surface area contributed by atoms with Crippen LogP contribution in [0.5, 0.6) is 0 Å². The van der Waals surface area contributed by atoms with Gasteiger partial charge in [0.2, 0.25) is 0 Å². The van der Waals surface area contributed by atoms with Gasteiger partial charge in [-0.2, -0.15) is 6.20 Å². The maximum atomic E-state index is 3.97. The summed E-state index contributed by atoms with van der Waals surface area (Å²) in [5.41, 5.74) is 1.31. The van der Waals surface area contributed by atoms with Crippen LogP contribution in [0.25, 0.3) is 5.32 Å². The van der Waals surface area contributed by atoms with Crippen molar-refractivity contribution in [2.75, 3.05) is 6.54 Å². The summed E-state index contributed by atoms with van der Waals surface area (Å²) in [6.45, 7) is 2.94. The standard InChI is InChI=1S/C6H8N.2C6H5.Bi.HI.H/c1-6-2-4-7-5-3-6;2*1-2-4-6-5-3-1;;;/h2-4H,5H2,1H3;2*1-5H;;1H;/q-1;;;+1;;/p-1. The minimum atomic E-state index is -1.70. The Morgan fingerprint density at radius 2 is 1.43 bits per heavy atom. The van der Waals surface area contributed by atoms with Crippen LogP contribution >= 0.6 is 18.0 Å². The van der Waals surface area contributed by atoms with Crippen molar-refractivity contribution in [2.45, 2.75) is 6.92 Å². The molecule has 2 aromatic carbocycles. The third-order valence-corrected chi connectivity index (χ3v) is 20.5. The molecule has 0 unspecified atom stereocenters. The molecule has 0 saturated carbocycles. The predicted molar refractivity (Wildman–Crippen MR) is 104 cm³/mol. The molecule has 0 fully saturated rings. The number of allylic oxidation sites excluding steroid dienone is 2. The molecule has 3 heteroatoms. The molecule has 0 spiro atoms. The number of rotatable bonds is 2. The summed E-state index contributed by atoms with van der Waals surface area (Å²) in [6.07, 6.45) is 5.94. The Kier molecular flexibility index (Phi) is 7.45.